The Morgan fingerprint density at radius 1 is 1.30 bits per heavy atom. The Morgan fingerprint density at radius 3 is 2.70 bits per heavy atom. The first-order chi connectivity index (χ1) is 12.9. The van der Waals surface area contributed by atoms with Gasteiger partial charge in [-0.1, -0.05) is 17.7 Å². The molecule has 0 radical (unpaired) electrons. The van der Waals surface area contributed by atoms with E-state index in [1.165, 1.54) is 6.26 Å². The number of benzene rings is 1. The number of nitrogens with zero attached hydrogens (tertiary/aromatic N) is 1. The van der Waals surface area contributed by atoms with E-state index in [0.717, 1.165) is 11.3 Å². The van der Waals surface area contributed by atoms with Crippen molar-refractivity contribution >= 4 is 23.5 Å². The maximum atomic E-state index is 12.2. The fraction of sp³-hybridized carbons (Fsp3) is 0.350. The van der Waals surface area contributed by atoms with Gasteiger partial charge in [-0.05, 0) is 38.1 Å². The Morgan fingerprint density at radius 2 is 2.04 bits per heavy atom. The normalized spacial score (nSPS) is 17.6. The third kappa shape index (κ3) is 4.55. The summed E-state index contributed by atoms with van der Waals surface area (Å²) in [7, 11) is 0. The second kappa shape index (κ2) is 8.07. The molecule has 0 aliphatic carbocycles. The Labute approximate surface area is 157 Å². The predicted molar refractivity (Wildman–Crippen MR) is 97.9 cm³/mol. The van der Waals surface area contributed by atoms with Crippen molar-refractivity contribution < 1.29 is 23.5 Å². The predicted octanol–water partition coefficient (Wildman–Crippen LogP) is 2.36. The maximum absolute atomic E-state index is 12.2. The first-order valence-corrected chi connectivity index (χ1v) is 8.80. The second-order valence-corrected chi connectivity index (χ2v) is 6.65. The van der Waals surface area contributed by atoms with Crippen LogP contribution in [0.3, 0.4) is 0 Å². The van der Waals surface area contributed by atoms with Crippen LogP contribution in [0.25, 0.3) is 0 Å². The summed E-state index contributed by atoms with van der Waals surface area (Å²) in [5.74, 6) is -1.05. The van der Waals surface area contributed by atoms with Gasteiger partial charge >= 0.3 is 5.97 Å². The van der Waals surface area contributed by atoms with Crippen molar-refractivity contribution in [2.45, 2.75) is 26.3 Å². The van der Waals surface area contributed by atoms with E-state index in [0.29, 0.717) is 5.76 Å². The highest BCUT2D eigenvalue weighted by Gasteiger charge is 2.36. The molecule has 1 saturated heterocycles. The van der Waals surface area contributed by atoms with Crippen molar-refractivity contribution in [3.05, 3.63) is 54.0 Å². The highest BCUT2D eigenvalue weighted by Crippen LogP contribution is 2.26. The SMILES string of the molecule is Cc1ccc(N2CC(C(=O)OCC(=O)NC(C)c3ccco3)CC2=O)cc1. The molecule has 1 fully saturated rings. The van der Waals surface area contributed by atoms with Crippen LogP contribution in [0.2, 0.25) is 0 Å². The summed E-state index contributed by atoms with van der Waals surface area (Å²) in [5.41, 5.74) is 1.85. The molecule has 1 aromatic carbocycles. The topological polar surface area (TPSA) is 88.8 Å². The molecule has 1 aromatic heterocycles. The van der Waals surface area contributed by atoms with Gasteiger partial charge in [0.2, 0.25) is 5.91 Å². The van der Waals surface area contributed by atoms with Crippen LogP contribution in [0, 0.1) is 12.8 Å². The van der Waals surface area contributed by atoms with Gasteiger partial charge in [0.15, 0.2) is 6.61 Å². The van der Waals surface area contributed by atoms with Crippen LogP contribution in [-0.2, 0) is 19.1 Å². The van der Waals surface area contributed by atoms with Crippen molar-refractivity contribution in [1.29, 1.82) is 0 Å². The summed E-state index contributed by atoms with van der Waals surface area (Å²) in [6, 6.07) is 10.7. The number of nitrogens with one attached hydrogen (secondary N) is 1. The van der Waals surface area contributed by atoms with E-state index in [9.17, 15) is 14.4 Å². The molecule has 0 bridgehead atoms. The average Bonchev–Trinajstić information content (AvgIpc) is 3.30. The monoisotopic (exact) mass is 370 g/mol. The van der Waals surface area contributed by atoms with Gasteiger partial charge in [0, 0.05) is 18.7 Å². The van der Waals surface area contributed by atoms with E-state index in [4.69, 9.17) is 9.15 Å². The van der Waals surface area contributed by atoms with E-state index in [1.54, 1.807) is 24.0 Å². The summed E-state index contributed by atoms with van der Waals surface area (Å²) in [6.45, 7) is 3.60. The highest BCUT2D eigenvalue weighted by atomic mass is 16.5. The second-order valence-electron chi connectivity index (χ2n) is 6.65. The lowest BCUT2D eigenvalue weighted by atomic mass is 10.1. The Kier molecular flexibility index (Phi) is 5.59. The zero-order chi connectivity index (χ0) is 19.4. The largest absolute Gasteiger partial charge is 0.467 e. The first kappa shape index (κ1) is 18.7. The van der Waals surface area contributed by atoms with Gasteiger partial charge in [-0.25, -0.2) is 0 Å². The lowest BCUT2D eigenvalue weighted by Gasteiger charge is -2.17. The number of esters is 1. The number of carbonyl (C=O) groups is 3. The van der Waals surface area contributed by atoms with E-state index in [2.05, 4.69) is 5.32 Å². The van der Waals surface area contributed by atoms with Crippen molar-refractivity contribution in [2.24, 2.45) is 5.92 Å². The Balaban J connectivity index is 1.49. The van der Waals surface area contributed by atoms with E-state index < -0.39 is 17.8 Å². The summed E-state index contributed by atoms with van der Waals surface area (Å²) in [6.07, 6.45) is 1.60. The number of furan rings is 1. The molecule has 2 unspecified atom stereocenters. The molecular formula is C20H22N2O5. The van der Waals surface area contributed by atoms with E-state index in [1.807, 2.05) is 31.2 Å². The van der Waals surface area contributed by atoms with Crippen LogP contribution in [0.15, 0.2) is 47.1 Å². The Hall–Kier alpha value is -3.09. The summed E-state index contributed by atoms with van der Waals surface area (Å²) in [4.78, 5) is 38.0. The van der Waals surface area contributed by atoms with Gasteiger partial charge in [-0.2, -0.15) is 0 Å². The smallest absolute Gasteiger partial charge is 0.311 e. The molecule has 2 aromatic rings. The third-order valence-electron chi connectivity index (χ3n) is 4.50. The standard InChI is InChI=1S/C20H22N2O5/c1-13-5-7-16(8-6-13)22-11-15(10-19(22)24)20(25)27-12-18(23)21-14(2)17-4-3-9-26-17/h3-9,14-15H,10-12H2,1-2H3,(H,21,23). The van der Waals surface area contributed by atoms with Gasteiger partial charge in [-0.15, -0.1) is 0 Å². The van der Waals surface area contributed by atoms with Crippen molar-refractivity contribution in [3.8, 4) is 0 Å². The first-order valence-electron chi connectivity index (χ1n) is 8.80. The summed E-state index contributed by atoms with van der Waals surface area (Å²) >= 11 is 0. The van der Waals surface area contributed by atoms with Gasteiger partial charge < -0.3 is 19.4 Å². The minimum absolute atomic E-state index is 0.0805. The number of rotatable bonds is 6. The van der Waals surface area contributed by atoms with Crippen LogP contribution < -0.4 is 10.2 Å². The van der Waals surface area contributed by atoms with E-state index in [-0.39, 0.29) is 31.5 Å². The molecule has 0 spiro atoms. The molecule has 1 N–H and O–H groups in total. The maximum Gasteiger partial charge on any atom is 0.311 e. The van der Waals surface area contributed by atoms with Crippen LogP contribution in [0.1, 0.15) is 30.7 Å². The molecule has 0 saturated carbocycles. The molecule has 27 heavy (non-hydrogen) atoms. The minimum atomic E-state index is -0.575. The fourth-order valence-corrected chi connectivity index (χ4v) is 2.99. The number of hydrogen-bond donors (Lipinski definition) is 1. The van der Waals surface area contributed by atoms with Crippen molar-refractivity contribution in [2.75, 3.05) is 18.1 Å². The quantitative estimate of drug-likeness (QED) is 0.789. The lowest BCUT2D eigenvalue weighted by molar-refractivity contribution is -0.152. The molecule has 3 rings (SSSR count). The van der Waals surface area contributed by atoms with Crippen molar-refractivity contribution in [3.63, 3.8) is 0 Å². The third-order valence-corrected chi connectivity index (χ3v) is 4.50. The summed E-state index contributed by atoms with van der Waals surface area (Å²) < 4.78 is 10.3. The number of aryl methyl sites for hydroxylation is 1. The van der Waals surface area contributed by atoms with Crippen LogP contribution in [0.5, 0.6) is 0 Å². The van der Waals surface area contributed by atoms with Gasteiger partial charge in [0.1, 0.15) is 5.76 Å². The zero-order valence-corrected chi connectivity index (χ0v) is 15.3. The number of amides is 2. The molecule has 7 nitrogen and oxygen atoms in total. The lowest BCUT2D eigenvalue weighted by Crippen LogP contribution is -2.32. The molecule has 142 valence electrons. The fourth-order valence-electron chi connectivity index (χ4n) is 2.99. The molecule has 1 aliphatic heterocycles. The van der Waals surface area contributed by atoms with Crippen LogP contribution in [-0.4, -0.2) is 30.9 Å². The van der Waals surface area contributed by atoms with Crippen LogP contribution in [0.4, 0.5) is 5.69 Å². The van der Waals surface area contributed by atoms with E-state index >= 15 is 0 Å². The molecular weight excluding hydrogens is 348 g/mol. The molecule has 2 atom stereocenters. The van der Waals surface area contributed by atoms with Gasteiger partial charge in [0.05, 0.1) is 18.2 Å². The number of ether oxygens (including phenoxy) is 1. The number of carbonyl (C=O) groups excluding carboxylic acids is 3. The van der Waals surface area contributed by atoms with Gasteiger partial charge in [0.25, 0.3) is 5.91 Å². The zero-order valence-electron chi connectivity index (χ0n) is 15.3. The molecule has 2 heterocycles. The number of anilines is 1. The molecule has 7 heteroatoms. The molecule has 1 aliphatic rings. The number of hydrogen-bond acceptors (Lipinski definition) is 5. The van der Waals surface area contributed by atoms with Crippen LogP contribution >= 0.6 is 0 Å². The average molecular weight is 370 g/mol. The Bertz CT molecular complexity index is 813. The minimum Gasteiger partial charge on any atom is -0.467 e. The highest BCUT2D eigenvalue weighted by molar-refractivity contribution is 5.99. The van der Waals surface area contributed by atoms with Crippen molar-refractivity contribution in [1.82, 2.24) is 5.32 Å². The summed E-state index contributed by atoms with van der Waals surface area (Å²) in [5, 5.41) is 2.69. The van der Waals surface area contributed by atoms with Gasteiger partial charge in [-0.3, -0.25) is 14.4 Å². The molecule has 2 amide bonds.